The zero-order valence-corrected chi connectivity index (χ0v) is 19.8. The number of benzene rings is 2. The molecule has 156 valence electrons. The van der Waals surface area contributed by atoms with Crippen LogP contribution in [0.3, 0.4) is 0 Å². The van der Waals surface area contributed by atoms with Crippen molar-refractivity contribution in [2.24, 2.45) is 4.99 Å². The van der Waals surface area contributed by atoms with Gasteiger partial charge in [0.1, 0.15) is 0 Å². The third-order valence-electron chi connectivity index (χ3n) is 4.82. The van der Waals surface area contributed by atoms with Crippen LogP contribution < -0.4 is 10.6 Å². The Morgan fingerprint density at radius 3 is 2.45 bits per heavy atom. The number of nitrogens with zero attached hydrogens (tertiary/aromatic N) is 3. The normalized spacial score (nSPS) is 11.9. The number of hydrogen-bond acceptors (Lipinski definition) is 3. The molecule has 0 saturated heterocycles. The van der Waals surface area contributed by atoms with Crippen LogP contribution in [0.1, 0.15) is 25.0 Å². The Morgan fingerprint density at radius 2 is 1.76 bits per heavy atom. The lowest BCUT2D eigenvalue weighted by Gasteiger charge is -2.24. The van der Waals surface area contributed by atoms with Crippen molar-refractivity contribution in [3.63, 3.8) is 0 Å². The molecule has 0 bridgehead atoms. The number of ether oxygens (including phenoxy) is 1. The molecule has 2 N–H and O–H groups in total. The number of aromatic nitrogens is 2. The molecular weight excluding hydrogens is 477 g/mol. The van der Waals surface area contributed by atoms with Gasteiger partial charge in [-0.1, -0.05) is 36.4 Å². The summed E-state index contributed by atoms with van der Waals surface area (Å²) in [6.07, 6.45) is 1.90. The van der Waals surface area contributed by atoms with Crippen molar-refractivity contribution in [1.82, 2.24) is 20.2 Å². The summed E-state index contributed by atoms with van der Waals surface area (Å²) in [6.45, 7) is 6.27. The Bertz CT molecular complexity index is 934. The van der Waals surface area contributed by atoms with Crippen molar-refractivity contribution in [2.75, 3.05) is 20.7 Å². The Balaban J connectivity index is 0.00000300. The van der Waals surface area contributed by atoms with Crippen LogP contribution in [-0.2, 0) is 17.8 Å². The quantitative estimate of drug-likeness (QED) is 0.290. The van der Waals surface area contributed by atoms with Gasteiger partial charge >= 0.3 is 0 Å². The lowest BCUT2D eigenvalue weighted by Crippen LogP contribution is -2.45. The number of guanidine groups is 1. The van der Waals surface area contributed by atoms with Crippen molar-refractivity contribution in [2.45, 2.75) is 32.5 Å². The smallest absolute Gasteiger partial charge is 0.191 e. The van der Waals surface area contributed by atoms with Crippen LogP contribution >= 0.6 is 24.0 Å². The maximum absolute atomic E-state index is 5.43. The molecule has 6 nitrogen and oxygen atoms in total. The minimum atomic E-state index is -0.239. The number of para-hydroxylation sites is 2. The highest BCUT2D eigenvalue weighted by Gasteiger charge is 2.16. The van der Waals surface area contributed by atoms with E-state index in [9.17, 15) is 0 Å². The van der Waals surface area contributed by atoms with Crippen molar-refractivity contribution < 1.29 is 4.74 Å². The minimum Gasteiger partial charge on any atom is -0.377 e. The third kappa shape index (κ3) is 6.43. The highest BCUT2D eigenvalue weighted by Crippen LogP contribution is 2.14. The zero-order valence-electron chi connectivity index (χ0n) is 17.5. The molecule has 0 spiro atoms. The second kappa shape index (κ2) is 10.6. The average molecular weight is 507 g/mol. The Labute approximate surface area is 189 Å². The van der Waals surface area contributed by atoms with E-state index in [1.807, 2.05) is 38.4 Å². The molecule has 3 rings (SSSR count). The van der Waals surface area contributed by atoms with Gasteiger partial charge in [-0.05, 0) is 37.1 Å². The molecule has 1 aromatic heterocycles. The van der Waals surface area contributed by atoms with Crippen LogP contribution in [0.4, 0.5) is 0 Å². The monoisotopic (exact) mass is 507 g/mol. The molecule has 0 unspecified atom stereocenters. The summed E-state index contributed by atoms with van der Waals surface area (Å²) in [5.74, 6) is 0.763. The van der Waals surface area contributed by atoms with Gasteiger partial charge in [0.05, 0.1) is 23.0 Å². The van der Waals surface area contributed by atoms with Gasteiger partial charge < -0.3 is 19.9 Å². The highest BCUT2D eigenvalue weighted by molar-refractivity contribution is 14.0. The molecule has 29 heavy (non-hydrogen) atoms. The van der Waals surface area contributed by atoms with Crippen LogP contribution in [0.5, 0.6) is 0 Å². The van der Waals surface area contributed by atoms with Crippen molar-refractivity contribution in [1.29, 1.82) is 0 Å². The first-order valence-corrected chi connectivity index (χ1v) is 9.48. The fourth-order valence-electron chi connectivity index (χ4n) is 2.87. The zero-order chi connectivity index (χ0) is 20.0. The van der Waals surface area contributed by atoms with E-state index in [1.165, 1.54) is 11.1 Å². The van der Waals surface area contributed by atoms with Gasteiger partial charge in [-0.15, -0.1) is 24.0 Å². The molecular formula is C22H30IN5O. The van der Waals surface area contributed by atoms with Gasteiger partial charge in [-0.2, -0.15) is 0 Å². The second-order valence-electron chi connectivity index (χ2n) is 7.42. The number of aliphatic imine (C=N–C) groups is 1. The van der Waals surface area contributed by atoms with E-state index in [4.69, 9.17) is 4.74 Å². The maximum atomic E-state index is 5.43. The molecule has 0 fully saturated rings. The predicted octanol–water partition coefficient (Wildman–Crippen LogP) is 3.79. The van der Waals surface area contributed by atoms with Crippen LogP contribution in [0.25, 0.3) is 11.0 Å². The van der Waals surface area contributed by atoms with Gasteiger partial charge in [0.2, 0.25) is 0 Å². The van der Waals surface area contributed by atoms with Gasteiger partial charge in [-0.3, -0.25) is 4.99 Å². The average Bonchev–Trinajstić information content (AvgIpc) is 3.12. The molecule has 7 heteroatoms. The molecule has 0 atom stereocenters. The summed E-state index contributed by atoms with van der Waals surface area (Å²) < 4.78 is 7.60. The Morgan fingerprint density at radius 1 is 1.07 bits per heavy atom. The molecule has 3 aromatic rings. The molecule has 0 amide bonds. The molecule has 0 radical (unpaired) electrons. The van der Waals surface area contributed by atoms with E-state index >= 15 is 0 Å². The van der Waals surface area contributed by atoms with Crippen molar-refractivity contribution in [3.05, 3.63) is 66.0 Å². The summed E-state index contributed by atoms with van der Waals surface area (Å²) >= 11 is 0. The topological polar surface area (TPSA) is 63.5 Å². The molecule has 0 saturated carbocycles. The third-order valence-corrected chi connectivity index (χ3v) is 4.82. The number of imidazole rings is 1. The number of hydrogen-bond donors (Lipinski definition) is 2. The van der Waals surface area contributed by atoms with Crippen LogP contribution in [0.2, 0.25) is 0 Å². The van der Waals surface area contributed by atoms with Crippen LogP contribution in [0, 0.1) is 0 Å². The Kier molecular flexibility index (Phi) is 8.45. The van der Waals surface area contributed by atoms with Gasteiger partial charge in [0.15, 0.2) is 5.96 Å². The summed E-state index contributed by atoms with van der Waals surface area (Å²) in [7, 11) is 3.49. The fraction of sp³-hybridized carbons (Fsp3) is 0.364. The summed E-state index contributed by atoms with van der Waals surface area (Å²) in [5.41, 5.74) is 4.39. The van der Waals surface area contributed by atoms with Gasteiger partial charge in [0, 0.05) is 33.8 Å². The fourth-order valence-corrected chi connectivity index (χ4v) is 2.87. The first-order valence-electron chi connectivity index (χ1n) is 9.48. The summed E-state index contributed by atoms with van der Waals surface area (Å²) in [5, 5.41) is 6.63. The van der Waals surface area contributed by atoms with Crippen molar-refractivity contribution >= 4 is 41.0 Å². The number of methoxy groups -OCH3 is 1. The first-order chi connectivity index (χ1) is 13.5. The lowest BCUT2D eigenvalue weighted by molar-refractivity contribution is 0.0268. The van der Waals surface area contributed by atoms with Gasteiger partial charge in [0.25, 0.3) is 0 Å². The molecule has 2 aromatic carbocycles. The lowest BCUT2D eigenvalue weighted by atomic mass is 10.1. The van der Waals surface area contributed by atoms with E-state index in [2.05, 4.69) is 55.5 Å². The Hall–Kier alpha value is -2.13. The highest BCUT2D eigenvalue weighted by atomic mass is 127. The van der Waals surface area contributed by atoms with E-state index < -0.39 is 0 Å². The van der Waals surface area contributed by atoms with Crippen LogP contribution in [0.15, 0.2) is 59.9 Å². The minimum absolute atomic E-state index is 0. The second-order valence-corrected chi connectivity index (χ2v) is 7.42. The standard InChI is InChI=1S/C22H29N5O.HI/c1-22(2,28-4)15-25-21(23-3)24-13-17-9-11-18(12-10-17)14-27-16-26-19-7-5-6-8-20(19)27;/h5-12,16H,13-15H2,1-4H3,(H2,23,24,25);1H. The maximum Gasteiger partial charge on any atom is 0.191 e. The molecule has 0 aliphatic rings. The SMILES string of the molecule is CN=C(NCc1ccc(Cn2cnc3ccccc32)cc1)NCC(C)(C)OC.I. The molecule has 1 heterocycles. The predicted molar refractivity (Wildman–Crippen MR) is 130 cm³/mol. The summed E-state index contributed by atoms with van der Waals surface area (Å²) in [6, 6.07) is 16.8. The number of halogens is 1. The molecule has 0 aliphatic heterocycles. The number of fused-ring (bicyclic) bond motifs is 1. The largest absolute Gasteiger partial charge is 0.377 e. The van der Waals surface area contributed by atoms with E-state index in [0.29, 0.717) is 13.1 Å². The first kappa shape index (κ1) is 23.2. The number of nitrogens with one attached hydrogen (secondary N) is 2. The van der Waals surface area contributed by atoms with Gasteiger partial charge in [-0.25, -0.2) is 4.98 Å². The molecule has 0 aliphatic carbocycles. The van der Waals surface area contributed by atoms with E-state index in [1.54, 1.807) is 14.2 Å². The summed E-state index contributed by atoms with van der Waals surface area (Å²) in [4.78, 5) is 8.72. The van der Waals surface area contributed by atoms with Crippen molar-refractivity contribution in [3.8, 4) is 0 Å². The number of rotatable bonds is 7. The van der Waals surface area contributed by atoms with Crippen LogP contribution in [-0.4, -0.2) is 41.8 Å². The van der Waals surface area contributed by atoms with E-state index in [-0.39, 0.29) is 29.6 Å². The van der Waals surface area contributed by atoms with E-state index in [0.717, 1.165) is 23.5 Å².